The molecule has 5 nitrogen and oxygen atoms in total. The average Bonchev–Trinajstić information content (AvgIpc) is 3.27. The van der Waals surface area contributed by atoms with E-state index in [0.29, 0.717) is 17.9 Å². The molecule has 2 heterocycles. The second-order valence-electron chi connectivity index (χ2n) is 8.64. The van der Waals surface area contributed by atoms with Gasteiger partial charge < -0.3 is 19.3 Å². The van der Waals surface area contributed by atoms with Crippen molar-refractivity contribution in [2.45, 2.75) is 24.9 Å². The van der Waals surface area contributed by atoms with Gasteiger partial charge in [-0.2, -0.15) is 0 Å². The lowest BCUT2D eigenvalue weighted by Crippen LogP contribution is -2.43. The lowest BCUT2D eigenvalue weighted by atomic mass is 9.84. The van der Waals surface area contributed by atoms with Crippen LogP contribution in [0.25, 0.3) is 22.2 Å². The van der Waals surface area contributed by atoms with Crippen LogP contribution in [0, 0.1) is 5.82 Å². The minimum Gasteiger partial charge on any atom is -0.494 e. The summed E-state index contributed by atoms with van der Waals surface area (Å²) in [6.07, 6.45) is 2.43. The molecule has 1 aliphatic rings. The van der Waals surface area contributed by atoms with Crippen LogP contribution >= 0.6 is 0 Å². The number of likely N-dealkylation sites (tertiary alicyclic amines) is 1. The number of rotatable bonds is 7. The molecule has 170 valence electrons. The Balaban J connectivity index is 1.09. The number of benzene rings is 3. The summed E-state index contributed by atoms with van der Waals surface area (Å²) >= 11 is 0. The molecule has 1 fully saturated rings. The molecule has 0 aliphatic carbocycles. The molecule has 4 aromatic rings. The molecule has 0 amide bonds. The Morgan fingerprint density at radius 2 is 1.76 bits per heavy atom. The molecule has 1 aliphatic heterocycles. The summed E-state index contributed by atoms with van der Waals surface area (Å²) in [5, 5.41) is 15.8. The number of hydrogen-bond acceptors (Lipinski definition) is 5. The highest BCUT2D eigenvalue weighted by Crippen LogP contribution is 2.33. The van der Waals surface area contributed by atoms with E-state index in [1.807, 2.05) is 54.6 Å². The van der Waals surface area contributed by atoms with Crippen molar-refractivity contribution in [3.05, 3.63) is 84.2 Å². The molecule has 1 saturated heterocycles. The fourth-order valence-corrected chi connectivity index (χ4v) is 4.49. The van der Waals surface area contributed by atoms with Crippen LogP contribution < -0.4 is 4.74 Å². The first-order valence-electron chi connectivity index (χ1n) is 11.4. The summed E-state index contributed by atoms with van der Waals surface area (Å²) in [6.45, 7) is 3.35. The van der Waals surface area contributed by atoms with Crippen molar-refractivity contribution in [1.82, 2.24) is 10.1 Å². The number of fused-ring (bicyclic) bond motifs is 1. The Labute approximate surface area is 192 Å². The second kappa shape index (κ2) is 9.33. The van der Waals surface area contributed by atoms with Crippen molar-refractivity contribution in [1.29, 1.82) is 0 Å². The van der Waals surface area contributed by atoms with Crippen LogP contribution in [-0.2, 0) is 5.60 Å². The maximum absolute atomic E-state index is 13.4. The molecule has 1 N–H and O–H groups in total. The van der Waals surface area contributed by atoms with E-state index >= 15 is 0 Å². The third-order valence-corrected chi connectivity index (χ3v) is 6.44. The lowest BCUT2D eigenvalue weighted by molar-refractivity contribution is -0.0264. The summed E-state index contributed by atoms with van der Waals surface area (Å²) in [5.41, 5.74) is 2.33. The molecule has 0 atom stereocenters. The summed E-state index contributed by atoms with van der Waals surface area (Å²) < 4.78 is 24.5. The number of hydrogen-bond donors (Lipinski definition) is 1. The zero-order valence-electron chi connectivity index (χ0n) is 18.4. The van der Waals surface area contributed by atoms with E-state index in [1.165, 1.54) is 12.1 Å². The smallest absolute Gasteiger partial charge is 0.170 e. The Hall–Kier alpha value is -3.22. The Morgan fingerprint density at radius 1 is 1.00 bits per heavy atom. The summed E-state index contributed by atoms with van der Waals surface area (Å²) in [5.74, 6) is 0.458. The van der Waals surface area contributed by atoms with E-state index in [1.54, 1.807) is 6.07 Å². The fourth-order valence-electron chi connectivity index (χ4n) is 4.49. The van der Waals surface area contributed by atoms with Gasteiger partial charge >= 0.3 is 0 Å². The van der Waals surface area contributed by atoms with Crippen LogP contribution in [0.2, 0.25) is 0 Å². The Bertz CT molecular complexity index is 1200. The largest absolute Gasteiger partial charge is 0.494 e. The fraction of sp³-hybridized carbons (Fsp3) is 0.296. The predicted octanol–water partition coefficient (Wildman–Crippen LogP) is 5.39. The number of aliphatic hydroxyl groups is 1. The number of nitrogens with zero attached hydrogens (tertiary/aromatic N) is 2. The van der Waals surface area contributed by atoms with Gasteiger partial charge in [-0.15, -0.1) is 0 Å². The maximum atomic E-state index is 13.4. The third-order valence-electron chi connectivity index (χ3n) is 6.44. The molecule has 0 radical (unpaired) electrons. The summed E-state index contributed by atoms with van der Waals surface area (Å²) in [4.78, 5) is 2.39. The number of piperidine rings is 1. The van der Waals surface area contributed by atoms with Crippen molar-refractivity contribution >= 4 is 11.0 Å². The molecule has 33 heavy (non-hydrogen) atoms. The lowest BCUT2D eigenvalue weighted by Gasteiger charge is -2.38. The quantitative estimate of drug-likeness (QED) is 0.386. The first-order chi connectivity index (χ1) is 16.1. The van der Waals surface area contributed by atoms with Gasteiger partial charge in [0.2, 0.25) is 0 Å². The van der Waals surface area contributed by atoms with Crippen molar-refractivity contribution < 1.29 is 18.8 Å². The van der Waals surface area contributed by atoms with Gasteiger partial charge in [-0.05, 0) is 61.2 Å². The van der Waals surface area contributed by atoms with E-state index in [9.17, 15) is 9.50 Å². The highest BCUT2D eigenvalue weighted by molar-refractivity contribution is 5.91. The van der Waals surface area contributed by atoms with Crippen molar-refractivity contribution in [3.8, 4) is 17.0 Å². The molecule has 5 rings (SSSR count). The summed E-state index contributed by atoms with van der Waals surface area (Å²) in [7, 11) is 0. The average molecular weight is 447 g/mol. The van der Waals surface area contributed by atoms with Gasteiger partial charge in [-0.25, -0.2) is 4.39 Å². The molecule has 3 aromatic carbocycles. The van der Waals surface area contributed by atoms with E-state index in [4.69, 9.17) is 9.26 Å². The normalized spacial score (nSPS) is 16.2. The van der Waals surface area contributed by atoms with Gasteiger partial charge in [0.25, 0.3) is 0 Å². The van der Waals surface area contributed by atoms with Crippen molar-refractivity contribution in [2.75, 3.05) is 26.2 Å². The van der Waals surface area contributed by atoms with Gasteiger partial charge in [0.1, 0.15) is 17.3 Å². The molecule has 0 spiro atoms. The van der Waals surface area contributed by atoms with Crippen LogP contribution in [0.5, 0.6) is 5.75 Å². The van der Waals surface area contributed by atoms with E-state index < -0.39 is 5.60 Å². The minimum absolute atomic E-state index is 0.342. The number of ether oxygens (including phenoxy) is 1. The van der Waals surface area contributed by atoms with E-state index in [2.05, 4.69) is 10.1 Å². The first-order valence-corrected chi connectivity index (χ1v) is 11.4. The van der Waals surface area contributed by atoms with Crippen LogP contribution in [0.3, 0.4) is 0 Å². The van der Waals surface area contributed by atoms with Crippen LogP contribution in [0.1, 0.15) is 24.8 Å². The molecule has 0 saturated carbocycles. The molecular formula is C27H27FN2O3. The van der Waals surface area contributed by atoms with E-state index in [-0.39, 0.29) is 5.82 Å². The van der Waals surface area contributed by atoms with Gasteiger partial charge in [0.05, 0.1) is 12.2 Å². The zero-order valence-corrected chi connectivity index (χ0v) is 18.4. The minimum atomic E-state index is -0.709. The van der Waals surface area contributed by atoms with Crippen LogP contribution in [-0.4, -0.2) is 41.4 Å². The van der Waals surface area contributed by atoms with Gasteiger partial charge in [0.15, 0.2) is 5.58 Å². The highest BCUT2D eigenvalue weighted by Gasteiger charge is 2.33. The van der Waals surface area contributed by atoms with Crippen LogP contribution in [0.15, 0.2) is 77.3 Å². The topological polar surface area (TPSA) is 58.7 Å². The van der Waals surface area contributed by atoms with Gasteiger partial charge in [-0.1, -0.05) is 35.5 Å². The summed E-state index contributed by atoms with van der Waals surface area (Å²) in [6, 6.07) is 22.1. The number of halogens is 1. The number of aromatic nitrogens is 1. The van der Waals surface area contributed by atoms with Gasteiger partial charge in [0, 0.05) is 36.7 Å². The highest BCUT2D eigenvalue weighted by atomic mass is 19.1. The SMILES string of the molecule is OC1(c2ccccc2)CCN(CCCOc2ccc(-c3noc4cc(F)ccc34)cc2)CC1. The Morgan fingerprint density at radius 3 is 2.52 bits per heavy atom. The third kappa shape index (κ3) is 4.77. The van der Waals surface area contributed by atoms with Crippen LogP contribution in [0.4, 0.5) is 4.39 Å². The Kier molecular flexibility index (Phi) is 6.11. The maximum Gasteiger partial charge on any atom is 0.170 e. The second-order valence-corrected chi connectivity index (χ2v) is 8.64. The molecule has 1 aromatic heterocycles. The molecular weight excluding hydrogens is 419 g/mol. The zero-order chi connectivity index (χ0) is 22.7. The molecule has 6 heteroatoms. The standard InChI is InChI=1S/C27H27FN2O3/c28-22-9-12-24-25(19-22)33-29-26(24)20-7-10-23(11-8-20)32-18-4-15-30-16-13-27(31,14-17-30)21-5-2-1-3-6-21/h1-3,5-12,19,31H,4,13-18H2. The monoisotopic (exact) mass is 446 g/mol. The van der Waals surface area contributed by atoms with E-state index in [0.717, 1.165) is 61.2 Å². The molecule has 0 unspecified atom stereocenters. The van der Waals surface area contributed by atoms with Crippen molar-refractivity contribution in [2.24, 2.45) is 0 Å². The predicted molar refractivity (Wildman–Crippen MR) is 126 cm³/mol. The van der Waals surface area contributed by atoms with Crippen molar-refractivity contribution in [3.63, 3.8) is 0 Å². The molecule has 0 bridgehead atoms. The first kappa shape index (κ1) is 21.6. The van der Waals surface area contributed by atoms with Gasteiger partial charge in [-0.3, -0.25) is 0 Å².